The molecule has 0 amide bonds. The molecule has 0 radical (unpaired) electrons. The molecule has 0 saturated heterocycles. The van der Waals surface area contributed by atoms with Gasteiger partial charge in [-0.05, 0) is 13.6 Å². The maximum atomic E-state index is 10.7. The summed E-state index contributed by atoms with van der Waals surface area (Å²) < 4.78 is 15.1. The van der Waals surface area contributed by atoms with Crippen molar-refractivity contribution in [3.8, 4) is 0 Å². The quantitative estimate of drug-likeness (QED) is 0.377. The second-order valence-electron chi connectivity index (χ2n) is 1.73. The molecule has 0 aliphatic carbocycles. The van der Waals surface area contributed by atoms with Gasteiger partial charge in [0.2, 0.25) is 0 Å². The number of hydrogen-bond acceptors (Lipinski definition) is 3. The number of rotatable bonds is 3. The van der Waals surface area contributed by atoms with Crippen LogP contribution < -0.4 is 0 Å². The number of alkyl halides is 1. The van der Waals surface area contributed by atoms with Crippen LogP contribution in [-0.4, -0.2) is 24.4 Å². The highest BCUT2D eigenvalue weighted by Gasteiger charge is 2.19. The number of carbonyl (C=O) groups is 1. The van der Waals surface area contributed by atoms with E-state index < -0.39 is 18.9 Å². The Kier molecular flexibility index (Phi) is 4.75. The van der Waals surface area contributed by atoms with Crippen LogP contribution in [-0.2, 0) is 14.1 Å². The van der Waals surface area contributed by atoms with Gasteiger partial charge >= 0.3 is 5.97 Å². The lowest BCUT2D eigenvalue weighted by molar-refractivity contribution is -0.140. The summed E-state index contributed by atoms with van der Waals surface area (Å²) in [6.07, 6.45) is 0. The van der Waals surface area contributed by atoms with Crippen LogP contribution in [0.5, 0.6) is 0 Å². The van der Waals surface area contributed by atoms with Gasteiger partial charge in [0.25, 0.3) is 0 Å². The highest BCUT2D eigenvalue weighted by molar-refractivity contribution is 7.48. The standard InChI is InChI=1S/C5H10ClO3P/c1-3-9-5(7)4(6)10(2)8/h4,10H,3H2,1-2H3. The van der Waals surface area contributed by atoms with E-state index in [9.17, 15) is 9.36 Å². The second kappa shape index (κ2) is 4.75. The fraction of sp³-hybridized carbons (Fsp3) is 0.800. The molecule has 0 rings (SSSR count). The van der Waals surface area contributed by atoms with E-state index in [1.807, 2.05) is 0 Å². The van der Waals surface area contributed by atoms with Crippen LogP contribution >= 0.6 is 19.4 Å². The lowest BCUT2D eigenvalue weighted by Crippen LogP contribution is -2.13. The molecule has 0 aromatic heterocycles. The second-order valence-corrected chi connectivity index (χ2v) is 4.33. The molecule has 60 valence electrons. The van der Waals surface area contributed by atoms with E-state index in [-0.39, 0.29) is 6.61 Å². The van der Waals surface area contributed by atoms with Gasteiger partial charge in [-0.1, -0.05) is 0 Å². The largest absolute Gasteiger partial charge is 0.465 e. The summed E-state index contributed by atoms with van der Waals surface area (Å²) in [6, 6.07) is 0. The van der Waals surface area contributed by atoms with E-state index in [2.05, 4.69) is 4.74 Å². The van der Waals surface area contributed by atoms with E-state index in [0.717, 1.165) is 0 Å². The molecule has 0 bridgehead atoms. The maximum absolute atomic E-state index is 10.7. The van der Waals surface area contributed by atoms with E-state index in [0.29, 0.717) is 0 Å². The molecule has 0 aliphatic rings. The zero-order valence-corrected chi connectivity index (χ0v) is 7.64. The van der Waals surface area contributed by atoms with E-state index in [4.69, 9.17) is 11.6 Å². The van der Waals surface area contributed by atoms with Crippen LogP contribution in [0.2, 0.25) is 0 Å². The summed E-state index contributed by atoms with van der Waals surface area (Å²) in [5.74, 6) is -0.587. The topological polar surface area (TPSA) is 43.4 Å². The lowest BCUT2D eigenvalue weighted by atomic mass is 10.7. The fourth-order valence-electron chi connectivity index (χ4n) is 0.381. The van der Waals surface area contributed by atoms with Crippen molar-refractivity contribution in [2.24, 2.45) is 0 Å². The predicted molar refractivity (Wildman–Crippen MR) is 41.2 cm³/mol. The molecular formula is C5H10ClO3P. The number of carbonyl (C=O) groups excluding carboxylic acids is 1. The van der Waals surface area contributed by atoms with Gasteiger partial charge in [-0.15, -0.1) is 11.6 Å². The van der Waals surface area contributed by atoms with Crippen LogP contribution in [0, 0.1) is 0 Å². The van der Waals surface area contributed by atoms with Gasteiger partial charge in [0.15, 0.2) is 5.12 Å². The predicted octanol–water partition coefficient (Wildman–Crippen LogP) is 1.30. The summed E-state index contributed by atoms with van der Waals surface area (Å²) in [4.78, 5) is 10.7. The monoisotopic (exact) mass is 184 g/mol. The number of ether oxygens (including phenoxy) is 1. The van der Waals surface area contributed by atoms with Crippen molar-refractivity contribution in [3.63, 3.8) is 0 Å². The molecule has 0 N–H and O–H groups in total. The summed E-state index contributed by atoms with van der Waals surface area (Å²) in [7, 11) is -1.99. The number of hydrogen-bond donors (Lipinski definition) is 0. The van der Waals surface area contributed by atoms with Crippen molar-refractivity contribution in [2.75, 3.05) is 13.3 Å². The average molecular weight is 185 g/mol. The molecule has 2 unspecified atom stereocenters. The SMILES string of the molecule is CCOC(=O)C(Cl)[PH](C)=O. The van der Waals surface area contributed by atoms with Crippen LogP contribution in [0.4, 0.5) is 0 Å². The molecule has 0 spiro atoms. The van der Waals surface area contributed by atoms with Crippen LogP contribution in [0.25, 0.3) is 0 Å². The Morgan fingerprint density at radius 1 is 1.80 bits per heavy atom. The fourth-order valence-corrected chi connectivity index (χ4v) is 0.860. The van der Waals surface area contributed by atoms with Gasteiger partial charge in [-0.3, -0.25) is 0 Å². The van der Waals surface area contributed by atoms with Crippen LogP contribution in [0.1, 0.15) is 6.92 Å². The average Bonchev–Trinajstić information content (AvgIpc) is 1.87. The van der Waals surface area contributed by atoms with E-state index in [1.54, 1.807) is 6.92 Å². The molecule has 0 saturated carbocycles. The van der Waals surface area contributed by atoms with Crippen LogP contribution in [0.15, 0.2) is 0 Å². The zero-order valence-electron chi connectivity index (χ0n) is 5.89. The van der Waals surface area contributed by atoms with Crippen molar-refractivity contribution < 1.29 is 14.1 Å². The molecule has 0 aromatic rings. The first-order valence-electron chi connectivity index (χ1n) is 2.90. The smallest absolute Gasteiger partial charge is 0.331 e. The molecular weight excluding hydrogens is 174 g/mol. The van der Waals surface area contributed by atoms with Crippen LogP contribution in [0.3, 0.4) is 0 Å². The Labute approximate surface area is 65.5 Å². The van der Waals surface area contributed by atoms with Crippen molar-refractivity contribution >= 4 is 25.4 Å². The molecule has 5 heteroatoms. The highest BCUT2D eigenvalue weighted by Crippen LogP contribution is 2.27. The van der Waals surface area contributed by atoms with Crippen molar-refractivity contribution in [1.82, 2.24) is 0 Å². The number of halogens is 1. The minimum atomic E-state index is -1.99. The molecule has 0 fully saturated rings. The highest BCUT2D eigenvalue weighted by atomic mass is 35.5. The first kappa shape index (κ1) is 9.99. The van der Waals surface area contributed by atoms with Crippen molar-refractivity contribution in [3.05, 3.63) is 0 Å². The zero-order chi connectivity index (χ0) is 8.15. The lowest BCUT2D eigenvalue weighted by Gasteiger charge is -2.03. The number of esters is 1. The molecule has 0 heterocycles. The minimum Gasteiger partial charge on any atom is -0.465 e. The first-order valence-corrected chi connectivity index (χ1v) is 5.33. The van der Waals surface area contributed by atoms with E-state index in [1.165, 1.54) is 6.66 Å². The molecule has 0 aromatic carbocycles. The molecule has 0 aliphatic heterocycles. The molecule has 3 nitrogen and oxygen atoms in total. The summed E-state index contributed by atoms with van der Waals surface area (Å²) in [5.41, 5.74) is 0. The normalized spacial score (nSPS) is 15.9. The van der Waals surface area contributed by atoms with Crippen molar-refractivity contribution in [1.29, 1.82) is 0 Å². The maximum Gasteiger partial charge on any atom is 0.331 e. The minimum absolute atomic E-state index is 0.275. The van der Waals surface area contributed by atoms with Gasteiger partial charge < -0.3 is 9.30 Å². The Bertz CT molecular complexity index is 148. The van der Waals surface area contributed by atoms with Gasteiger partial charge in [0, 0.05) is 0 Å². The molecule has 10 heavy (non-hydrogen) atoms. The van der Waals surface area contributed by atoms with Gasteiger partial charge in [0.05, 0.1) is 6.61 Å². The third-order valence-corrected chi connectivity index (χ3v) is 2.90. The first-order chi connectivity index (χ1) is 4.59. The Morgan fingerprint density at radius 3 is 2.60 bits per heavy atom. The van der Waals surface area contributed by atoms with Gasteiger partial charge in [-0.2, -0.15) is 0 Å². The van der Waals surface area contributed by atoms with E-state index >= 15 is 0 Å². The Morgan fingerprint density at radius 2 is 2.30 bits per heavy atom. The molecule has 2 atom stereocenters. The van der Waals surface area contributed by atoms with Gasteiger partial charge in [0.1, 0.15) is 7.80 Å². The van der Waals surface area contributed by atoms with Gasteiger partial charge in [-0.25, -0.2) is 4.79 Å². The van der Waals surface area contributed by atoms with Crippen molar-refractivity contribution in [2.45, 2.75) is 12.0 Å². The summed E-state index contributed by atoms with van der Waals surface area (Å²) in [6.45, 7) is 3.38. The summed E-state index contributed by atoms with van der Waals surface area (Å²) in [5, 5.41) is -0.954. The Balaban J connectivity index is 3.82. The Hall–Kier alpha value is -0.0100. The summed E-state index contributed by atoms with van der Waals surface area (Å²) >= 11 is 5.40. The third-order valence-electron chi connectivity index (χ3n) is 0.850. The third kappa shape index (κ3) is 3.23.